The van der Waals surface area contributed by atoms with Crippen molar-refractivity contribution in [3.05, 3.63) is 5.01 Å². The molecule has 2 saturated carbocycles. The van der Waals surface area contributed by atoms with E-state index in [1.807, 2.05) is 0 Å². The van der Waals surface area contributed by atoms with Crippen molar-refractivity contribution in [2.75, 3.05) is 26.0 Å². The molecule has 0 amide bonds. The molecule has 17 heavy (non-hydrogen) atoms. The fraction of sp³-hybridized carbons (Fsp3) is 0.833. The maximum absolute atomic E-state index is 4.25. The van der Waals surface area contributed by atoms with Crippen molar-refractivity contribution < 1.29 is 0 Å². The molecule has 1 unspecified atom stereocenters. The Labute approximate surface area is 106 Å². The average Bonchev–Trinajstić information content (AvgIpc) is 3.19. The van der Waals surface area contributed by atoms with Crippen LogP contribution in [0.3, 0.4) is 0 Å². The van der Waals surface area contributed by atoms with Gasteiger partial charge in [-0.25, -0.2) is 0 Å². The number of nitrogens with zero attached hydrogens (tertiary/aromatic N) is 3. The highest BCUT2D eigenvalue weighted by atomic mass is 32.1. The van der Waals surface area contributed by atoms with E-state index >= 15 is 0 Å². The highest BCUT2D eigenvalue weighted by molar-refractivity contribution is 7.15. The lowest BCUT2D eigenvalue weighted by atomic mass is 10.1. The second-order valence-corrected chi connectivity index (χ2v) is 6.48. The van der Waals surface area contributed by atoms with Crippen LogP contribution in [0.25, 0.3) is 0 Å². The minimum absolute atomic E-state index is 0.642. The van der Waals surface area contributed by atoms with Crippen molar-refractivity contribution in [2.24, 2.45) is 5.92 Å². The first kappa shape index (κ1) is 11.4. The lowest BCUT2D eigenvalue weighted by Crippen LogP contribution is -2.36. The Hall–Kier alpha value is -0.680. The van der Waals surface area contributed by atoms with Gasteiger partial charge in [-0.3, -0.25) is 0 Å². The molecule has 0 aliphatic heterocycles. The van der Waals surface area contributed by atoms with Crippen LogP contribution < -0.4 is 5.32 Å². The van der Waals surface area contributed by atoms with Gasteiger partial charge in [0.05, 0.1) is 0 Å². The van der Waals surface area contributed by atoms with Gasteiger partial charge >= 0.3 is 0 Å². The summed E-state index contributed by atoms with van der Waals surface area (Å²) in [5.74, 6) is 1.60. The number of hydrogen-bond donors (Lipinski definition) is 1. The number of rotatable bonds is 6. The SMILES string of the molecule is CN(C)C(CNc1nnc(C2CC2)s1)C1CC1. The first-order valence-corrected chi connectivity index (χ1v) is 7.29. The molecule has 0 aromatic carbocycles. The minimum Gasteiger partial charge on any atom is -0.358 e. The zero-order valence-electron chi connectivity index (χ0n) is 10.5. The van der Waals surface area contributed by atoms with Gasteiger partial charge in [0.1, 0.15) is 5.01 Å². The number of aromatic nitrogens is 2. The zero-order valence-corrected chi connectivity index (χ0v) is 11.3. The van der Waals surface area contributed by atoms with Gasteiger partial charge in [0.2, 0.25) is 5.13 Å². The summed E-state index contributed by atoms with van der Waals surface area (Å²) in [6.45, 7) is 0.997. The normalized spacial score (nSPS) is 21.8. The molecule has 1 N–H and O–H groups in total. The van der Waals surface area contributed by atoms with E-state index in [2.05, 4.69) is 34.5 Å². The molecule has 1 aromatic heterocycles. The van der Waals surface area contributed by atoms with Crippen molar-refractivity contribution in [1.82, 2.24) is 15.1 Å². The fourth-order valence-electron chi connectivity index (χ4n) is 2.25. The maximum atomic E-state index is 4.25. The summed E-state index contributed by atoms with van der Waals surface area (Å²) < 4.78 is 0. The molecular formula is C12H20N4S. The van der Waals surface area contributed by atoms with Crippen molar-refractivity contribution in [3.8, 4) is 0 Å². The molecule has 1 aromatic rings. The molecule has 0 saturated heterocycles. The molecule has 4 nitrogen and oxygen atoms in total. The maximum Gasteiger partial charge on any atom is 0.205 e. The zero-order chi connectivity index (χ0) is 11.8. The summed E-state index contributed by atoms with van der Waals surface area (Å²) >= 11 is 1.74. The molecule has 2 fully saturated rings. The number of anilines is 1. The quantitative estimate of drug-likeness (QED) is 0.842. The van der Waals surface area contributed by atoms with Crippen LogP contribution in [0.2, 0.25) is 0 Å². The van der Waals surface area contributed by atoms with Gasteiger partial charge in [0.15, 0.2) is 0 Å². The first-order valence-electron chi connectivity index (χ1n) is 6.47. The van der Waals surface area contributed by atoms with E-state index < -0.39 is 0 Å². The standard InChI is InChI=1S/C12H20N4S/c1-16(2)10(8-3-4-8)7-13-12-15-14-11(17-12)9-5-6-9/h8-10H,3-7H2,1-2H3,(H,13,15). The van der Waals surface area contributed by atoms with Crippen LogP contribution in [0.1, 0.15) is 36.6 Å². The lowest BCUT2D eigenvalue weighted by molar-refractivity contribution is 0.276. The van der Waals surface area contributed by atoms with Gasteiger partial charge in [-0.1, -0.05) is 11.3 Å². The van der Waals surface area contributed by atoms with E-state index in [-0.39, 0.29) is 0 Å². The second-order valence-electron chi connectivity index (χ2n) is 5.47. The van der Waals surface area contributed by atoms with Gasteiger partial charge in [0.25, 0.3) is 0 Å². The summed E-state index contributed by atoms with van der Waals surface area (Å²) in [5.41, 5.74) is 0. The van der Waals surface area contributed by atoms with E-state index in [0.29, 0.717) is 6.04 Å². The predicted molar refractivity (Wildman–Crippen MR) is 70.6 cm³/mol. The van der Waals surface area contributed by atoms with Crippen LogP contribution in [0, 0.1) is 5.92 Å². The number of hydrogen-bond acceptors (Lipinski definition) is 5. The molecule has 2 aliphatic rings. The summed E-state index contributed by atoms with van der Waals surface area (Å²) in [5, 5.41) is 14.2. The molecule has 3 rings (SSSR count). The second kappa shape index (κ2) is 4.53. The lowest BCUT2D eigenvalue weighted by Gasteiger charge is -2.24. The molecule has 0 spiro atoms. The topological polar surface area (TPSA) is 41.0 Å². The molecule has 1 heterocycles. The average molecular weight is 252 g/mol. The largest absolute Gasteiger partial charge is 0.358 e. The van der Waals surface area contributed by atoms with E-state index in [9.17, 15) is 0 Å². The summed E-state index contributed by atoms with van der Waals surface area (Å²) in [6, 6.07) is 0.642. The molecule has 1 atom stereocenters. The fourth-order valence-corrected chi connectivity index (χ4v) is 3.16. The Morgan fingerprint density at radius 3 is 2.65 bits per heavy atom. The Bertz CT molecular complexity index is 380. The van der Waals surface area contributed by atoms with Crippen molar-refractivity contribution in [3.63, 3.8) is 0 Å². The minimum atomic E-state index is 0.642. The third kappa shape index (κ3) is 2.77. The van der Waals surface area contributed by atoms with Crippen molar-refractivity contribution in [1.29, 1.82) is 0 Å². The van der Waals surface area contributed by atoms with E-state index in [0.717, 1.165) is 23.5 Å². The predicted octanol–water partition coefficient (Wildman–Crippen LogP) is 2.17. The molecule has 2 aliphatic carbocycles. The van der Waals surface area contributed by atoms with Crippen LogP contribution in [-0.2, 0) is 0 Å². The summed E-state index contributed by atoms with van der Waals surface area (Å²) in [6.07, 6.45) is 5.37. The monoisotopic (exact) mass is 252 g/mol. The van der Waals surface area contributed by atoms with Gasteiger partial charge in [0, 0.05) is 18.5 Å². The van der Waals surface area contributed by atoms with Gasteiger partial charge < -0.3 is 10.2 Å². The highest BCUT2D eigenvalue weighted by Gasteiger charge is 2.32. The van der Waals surface area contributed by atoms with Crippen LogP contribution in [0.4, 0.5) is 5.13 Å². The number of likely N-dealkylation sites (N-methyl/N-ethyl adjacent to an activating group) is 1. The Balaban J connectivity index is 1.54. The van der Waals surface area contributed by atoms with E-state index in [1.54, 1.807) is 11.3 Å². The number of nitrogens with one attached hydrogen (secondary N) is 1. The molecule has 0 bridgehead atoms. The van der Waals surface area contributed by atoms with Crippen molar-refractivity contribution in [2.45, 2.75) is 37.6 Å². The Morgan fingerprint density at radius 2 is 2.06 bits per heavy atom. The Kier molecular flexibility index (Phi) is 3.04. The highest BCUT2D eigenvalue weighted by Crippen LogP contribution is 2.42. The summed E-state index contributed by atoms with van der Waals surface area (Å²) in [4.78, 5) is 2.33. The Morgan fingerprint density at radius 1 is 1.29 bits per heavy atom. The third-order valence-electron chi connectivity index (χ3n) is 3.66. The van der Waals surface area contributed by atoms with Gasteiger partial charge in [-0.15, -0.1) is 10.2 Å². The smallest absolute Gasteiger partial charge is 0.205 e. The molecule has 0 radical (unpaired) electrons. The molecular weight excluding hydrogens is 232 g/mol. The molecule has 5 heteroatoms. The van der Waals surface area contributed by atoms with Crippen LogP contribution in [0.5, 0.6) is 0 Å². The first-order chi connectivity index (χ1) is 8.24. The molecule has 94 valence electrons. The van der Waals surface area contributed by atoms with E-state index in [4.69, 9.17) is 0 Å². The van der Waals surface area contributed by atoms with E-state index in [1.165, 1.54) is 30.7 Å². The third-order valence-corrected chi connectivity index (χ3v) is 4.70. The van der Waals surface area contributed by atoms with Crippen LogP contribution in [0.15, 0.2) is 0 Å². The van der Waals surface area contributed by atoms with Crippen LogP contribution in [-0.4, -0.2) is 41.8 Å². The van der Waals surface area contributed by atoms with Crippen molar-refractivity contribution >= 4 is 16.5 Å². The summed E-state index contributed by atoms with van der Waals surface area (Å²) in [7, 11) is 4.33. The van der Waals surface area contributed by atoms with Crippen LogP contribution >= 0.6 is 11.3 Å². The van der Waals surface area contributed by atoms with Gasteiger partial charge in [-0.2, -0.15) is 0 Å². The van der Waals surface area contributed by atoms with Gasteiger partial charge in [-0.05, 0) is 45.7 Å².